The average molecular weight is 438 g/mol. The molecule has 0 aliphatic heterocycles. The number of aromatic nitrogens is 2. The van der Waals surface area contributed by atoms with E-state index in [4.69, 9.17) is 9.72 Å². The number of nitrogens with one attached hydrogen (secondary N) is 1. The Morgan fingerprint density at radius 1 is 0.970 bits per heavy atom. The molecule has 1 saturated carbocycles. The molecule has 33 heavy (non-hydrogen) atoms. The van der Waals surface area contributed by atoms with Gasteiger partial charge in [0.1, 0.15) is 18.1 Å². The summed E-state index contributed by atoms with van der Waals surface area (Å²) in [6.07, 6.45) is 10.6. The lowest BCUT2D eigenvalue weighted by Crippen LogP contribution is -2.23. The molecule has 0 atom stereocenters. The van der Waals surface area contributed by atoms with E-state index in [1.165, 1.54) is 37.7 Å². The van der Waals surface area contributed by atoms with Gasteiger partial charge in [-0.15, -0.1) is 0 Å². The van der Waals surface area contributed by atoms with Crippen LogP contribution >= 0.6 is 0 Å². The van der Waals surface area contributed by atoms with Crippen LogP contribution in [0.2, 0.25) is 0 Å². The highest BCUT2D eigenvalue weighted by Crippen LogP contribution is 2.33. The number of nitrogens with zero attached hydrogens (tertiary/aromatic N) is 2. The maximum Gasteiger partial charge on any atom is 0.181 e. The van der Waals surface area contributed by atoms with Crippen molar-refractivity contribution in [3.8, 4) is 5.75 Å². The summed E-state index contributed by atoms with van der Waals surface area (Å²) in [7, 11) is 0. The van der Waals surface area contributed by atoms with Gasteiger partial charge in [-0.2, -0.15) is 0 Å². The zero-order valence-corrected chi connectivity index (χ0v) is 19.2. The minimum absolute atomic E-state index is 0.482. The smallest absolute Gasteiger partial charge is 0.181 e. The van der Waals surface area contributed by atoms with Gasteiger partial charge in [0.2, 0.25) is 0 Å². The molecule has 0 saturated heterocycles. The molecule has 4 aromatic rings. The maximum absolute atomic E-state index is 6.23. The molecule has 1 N–H and O–H groups in total. The van der Waals surface area contributed by atoms with Gasteiger partial charge >= 0.3 is 0 Å². The van der Waals surface area contributed by atoms with Gasteiger partial charge in [0.15, 0.2) is 11.4 Å². The number of hydrogen-bond donors (Lipinski definition) is 1. The highest BCUT2D eigenvalue weighted by atomic mass is 16.5. The third kappa shape index (κ3) is 4.95. The normalized spacial score (nSPS) is 15.0. The Morgan fingerprint density at radius 3 is 2.45 bits per heavy atom. The van der Waals surface area contributed by atoms with Crippen molar-refractivity contribution in [1.82, 2.24) is 9.38 Å². The van der Waals surface area contributed by atoms with Crippen LogP contribution in [0, 0.1) is 0 Å². The molecule has 4 heteroatoms. The van der Waals surface area contributed by atoms with Crippen molar-refractivity contribution in [3.05, 3.63) is 95.8 Å². The van der Waals surface area contributed by atoms with Gasteiger partial charge < -0.3 is 10.1 Å². The maximum atomic E-state index is 6.23. The van der Waals surface area contributed by atoms with Crippen LogP contribution in [-0.2, 0) is 6.61 Å². The second-order valence-electron chi connectivity index (χ2n) is 8.87. The number of pyridine rings is 1. The zero-order valence-electron chi connectivity index (χ0n) is 19.2. The van der Waals surface area contributed by atoms with Gasteiger partial charge in [-0.3, -0.25) is 4.40 Å². The fraction of sp³-hybridized carbons (Fsp3) is 0.276. The molecular weight excluding hydrogens is 406 g/mol. The minimum atomic E-state index is 0.482. The Balaban J connectivity index is 1.53. The molecular formula is C29H31N3O. The van der Waals surface area contributed by atoms with Crippen LogP contribution in [0.3, 0.4) is 0 Å². The van der Waals surface area contributed by atoms with Crippen molar-refractivity contribution in [2.75, 3.05) is 5.32 Å². The van der Waals surface area contributed by atoms with Crippen molar-refractivity contribution < 1.29 is 4.74 Å². The van der Waals surface area contributed by atoms with Gasteiger partial charge in [0, 0.05) is 12.2 Å². The molecule has 2 heterocycles. The lowest BCUT2D eigenvalue weighted by molar-refractivity contribution is 0.308. The third-order valence-corrected chi connectivity index (χ3v) is 6.35. The first kappa shape index (κ1) is 21.3. The third-order valence-electron chi connectivity index (χ3n) is 6.35. The summed E-state index contributed by atoms with van der Waals surface area (Å²) in [5.74, 6) is 1.86. The van der Waals surface area contributed by atoms with Crippen molar-refractivity contribution in [2.45, 2.75) is 51.7 Å². The lowest BCUT2D eigenvalue weighted by atomic mass is 9.95. The lowest BCUT2D eigenvalue weighted by Gasteiger charge is -2.24. The molecule has 0 spiro atoms. The van der Waals surface area contributed by atoms with Gasteiger partial charge in [-0.05, 0) is 54.7 Å². The molecule has 2 aromatic carbocycles. The second kappa shape index (κ2) is 9.95. The Hall–Kier alpha value is -3.53. The summed E-state index contributed by atoms with van der Waals surface area (Å²) in [5, 5.41) is 3.84. The molecule has 0 radical (unpaired) electrons. The summed E-state index contributed by atoms with van der Waals surface area (Å²) in [4.78, 5) is 5.09. The van der Waals surface area contributed by atoms with Crippen LogP contribution in [-0.4, -0.2) is 15.4 Å². The summed E-state index contributed by atoms with van der Waals surface area (Å²) in [6, 6.07) is 25.2. The van der Waals surface area contributed by atoms with Crippen LogP contribution in [0.4, 0.5) is 5.82 Å². The summed E-state index contributed by atoms with van der Waals surface area (Å²) in [5.41, 5.74) is 5.29. The van der Waals surface area contributed by atoms with E-state index in [1.54, 1.807) is 0 Å². The number of ether oxygens (including phenoxy) is 1. The Labute approximate surface area is 196 Å². The topological polar surface area (TPSA) is 38.6 Å². The van der Waals surface area contributed by atoms with E-state index < -0.39 is 0 Å². The summed E-state index contributed by atoms with van der Waals surface area (Å²) < 4.78 is 8.39. The Kier molecular flexibility index (Phi) is 6.43. The van der Waals surface area contributed by atoms with Crippen molar-refractivity contribution in [1.29, 1.82) is 0 Å². The standard InChI is InChI=1S/C29H31N3O/c1-22(20-23-12-5-2-6-13-23)27-29(30-25-16-9-4-10-17-25)32-19-11-18-26(28(32)31-27)33-21-24-14-7-3-8-15-24/h2-3,5-8,11-15,18-20,25,30H,4,9-10,16-17,21H2,1H3/b22-20+. The number of allylic oxidation sites excluding steroid dienone is 1. The van der Waals surface area contributed by atoms with Crippen LogP contribution < -0.4 is 10.1 Å². The van der Waals surface area contributed by atoms with E-state index in [0.29, 0.717) is 12.6 Å². The minimum Gasteiger partial charge on any atom is -0.485 e. The predicted octanol–water partition coefficient (Wildman–Crippen LogP) is 7.22. The molecule has 168 valence electrons. The van der Waals surface area contributed by atoms with Crippen molar-refractivity contribution in [3.63, 3.8) is 0 Å². The second-order valence-corrected chi connectivity index (χ2v) is 8.87. The van der Waals surface area contributed by atoms with E-state index in [9.17, 15) is 0 Å². The summed E-state index contributed by atoms with van der Waals surface area (Å²) >= 11 is 0. The van der Waals surface area contributed by atoms with Crippen LogP contribution in [0.1, 0.15) is 55.8 Å². The van der Waals surface area contributed by atoms with Gasteiger partial charge in [0.05, 0.1) is 0 Å². The molecule has 1 fully saturated rings. The van der Waals surface area contributed by atoms with E-state index in [2.05, 4.69) is 65.3 Å². The monoisotopic (exact) mass is 437 g/mol. The van der Waals surface area contributed by atoms with Crippen LogP contribution in [0.15, 0.2) is 79.0 Å². The molecule has 0 amide bonds. The fourth-order valence-electron chi connectivity index (χ4n) is 4.61. The SMILES string of the molecule is C/C(=C\c1ccccc1)c1nc2c(OCc3ccccc3)cccn2c1NC1CCCCC1. The Morgan fingerprint density at radius 2 is 1.70 bits per heavy atom. The Bertz CT molecular complexity index is 1220. The number of rotatable bonds is 7. The van der Waals surface area contributed by atoms with E-state index in [-0.39, 0.29) is 0 Å². The fourth-order valence-corrected chi connectivity index (χ4v) is 4.61. The van der Waals surface area contributed by atoms with E-state index in [0.717, 1.165) is 34.0 Å². The first-order chi connectivity index (χ1) is 16.3. The zero-order chi connectivity index (χ0) is 22.5. The highest BCUT2D eigenvalue weighted by molar-refractivity contribution is 5.85. The highest BCUT2D eigenvalue weighted by Gasteiger charge is 2.21. The number of benzene rings is 2. The van der Waals surface area contributed by atoms with Gasteiger partial charge in [-0.25, -0.2) is 4.98 Å². The molecule has 1 aliphatic rings. The van der Waals surface area contributed by atoms with Gasteiger partial charge in [-0.1, -0.05) is 79.9 Å². The van der Waals surface area contributed by atoms with Crippen molar-refractivity contribution in [2.24, 2.45) is 0 Å². The van der Waals surface area contributed by atoms with Crippen molar-refractivity contribution >= 4 is 23.1 Å². The predicted molar refractivity (Wildman–Crippen MR) is 136 cm³/mol. The molecule has 1 aliphatic carbocycles. The molecule has 0 unspecified atom stereocenters. The molecule has 2 aromatic heterocycles. The van der Waals surface area contributed by atoms with E-state index in [1.807, 2.05) is 36.4 Å². The number of imidazole rings is 1. The van der Waals surface area contributed by atoms with E-state index >= 15 is 0 Å². The van der Waals surface area contributed by atoms with Crippen LogP contribution in [0.25, 0.3) is 17.3 Å². The first-order valence-corrected chi connectivity index (χ1v) is 12.0. The van der Waals surface area contributed by atoms with Gasteiger partial charge in [0.25, 0.3) is 0 Å². The molecule has 0 bridgehead atoms. The largest absolute Gasteiger partial charge is 0.485 e. The van der Waals surface area contributed by atoms with Crippen LogP contribution in [0.5, 0.6) is 5.75 Å². The molecule has 5 rings (SSSR count). The number of anilines is 1. The molecule has 4 nitrogen and oxygen atoms in total. The number of fused-ring (bicyclic) bond motifs is 1. The summed E-state index contributed by atoms with van der Waals surface area (Å²) in [6.45, 7) is 2.66. The number of hydrogen-bond acceptors (Lipinski definition) is 3. The first-order valence-electron chi connectivity index (χ1n) is 12.0. The quantitative estimate of drug-likeness (QED) is 0.332. The average Bonchev–Trinajstić information content (AvgIpc) is 3.24.